The van der Waals surface area contributed by atoms with E-state index >= 15 is 0 Å². The van der Waals surface area contributed by atoms with Gasteiger partial charge in [-0.05, 0) is 18.1 Å². The van der Waals surface area contributed by atoms with Crippen LogP contribution in [-0.2, 0) is 21.6 Å². The predicted octanol–water partition coefficient (Wildman–Crippen LogP) is 2.89. The Morgan fingerprint density at radius 2 is 1.74 bits per heavy atom. The molecule has 0 saturated heterocycles. The van der Waals surface area contributed by atoms with E-state index in [1.807, 2.05) is 13.0 Å². The van der Waals surface area contributed by atoms with Crippen LogP contribution in [0.5, 0.6) is 0 Å². The molecule has 0 unspecified atom stereocenters. The van der Waals surface area contributed by atoms with Crippen molar-refractivity contribution in [1.29, 1.82) is 0 Å². The molecule has 0 aromatic heterocycles. The van der Waals surface area contributed by atoms with Gasteiger partial charge >= 0.3 is 5.97 Å². The summed E-state index contributed by atoms with van der Waals surface area (Å²) in [5.74, 6) is -1.72. The summed E-state index contributed by atoms with van der Waals surface area (Å²) >= 11 is 0. The average molecular weight is 307 g/mol. The van der Waals surface area contributed by atoms with E-state index in [0.29, 0.717) is 0 Å². The predicted molar refractivity (Wildman–Crippen MR) is 83.2 cm³/mol. The molecule has 0 amide bonds. The number of carbonyl (C=O) groups is 3. The maximum absolute atomic E-state index is 12.9. The fraction of sp³-hybridized carbons (Fsp3) is 0.211. The average Bonchev–Trinajstić information content (AvgIpc) is 2.78. The number of benzene rings is 2. The lowest BCUT2D eigenvalue weighted by Gasteiger charge is -2.26. The van der Waals surface area contributed by atoms with Crippen LogP contribution in [0, 0.1) is 6.07 Å². The Labute approximate surface area is 134 Å². The molecule has 0 N–H and O–H groups in total. The molecule has 0 saturated carbocycles. The van der Waals surface area contributed by atoms with E-state index in [-0.39, 0.29) is 16.7 Å². The number of esters is 1. The van der Waals surface area contributed by atoms with Crippen LogP contribution in [0.25, 0.3) is 0 Å². The highest BCUT2D eigenvalue weighted by atomic mass is 16.6. The summed E-state index contributed by atoms with van der Waals surface area (Å²) in [6.45, 7) is 3.15. The highest BCUT2D eigenvalue weighted by molar-refractivity contribution is 6.32. The zero-order valence-electron chi connectivity index (χ0n) is 12.9. The fourth-order valence-electron chi connectivity index (χ4n) is 2.91. The maximum Gasteiger partial charge on any atom is 0.304 e. The Bertz CT molecular complexity index is 785. The Balaban J connectivity index is 2.25. The lowest BCUT2D eigenvalue weighted by molar-refractivity contribution is -0.149. The first-order valence-corrected chi connectivity index (χ1v) is 7.40. The second kappa shape index (κ2) is 5.47. The normalized spacial score (nSPS) is 15.4. The third-order valence-electron chi connectivity index (χ3n) is 4.01. The summed E-state index contributed by atoms with van der Waals surface area (Å²) in [5, 5.41) is 0. The first-order valence-electron chi connectivity index (χ1n) is 7.40. The summed E-state index contributed by atoms with van der Waals surface area (Å²) in [6.07, 6.45) is 0.729. The number of ether oxygens (including phenoxy) is 1. The van der Waals surface area contributed by atoms with Crippen LogP contribution in [0.3, 0.4) is 0 Å². The molecule has 4 heteroatoms. The van der Waals surface area contributed by atoms with Crippen LogP contribution in [-0.4, -0.2) is 17.5 Å². The van der Waals surface area contributed by atoms with E-state index in [1.165, 1.54) is 6.92 Å². The minimum Gasteiger partial charge on any atom is -0.437 e. The van der Waals surface area contributed by atoms with E-state index in [9.17, 15) is 14.4 Å². The summed E-state index contributed by atoms with van der Waals surface area (Å²) in [7, 11) is 0. The molecule has 2 aromatic carbocycles. The molecule has 1 aliphatic rings. The lowest BCUT2D eigenvalue weighted by Crippen LogP contribution is -2.42. The summed E-state index contributed by atoms with van der Waals surface area (Å²) in [4.78, 5) is 37.5. The Morgan fingerprint density at radius 3 is 2.26 bits per heavy atom. The molecule has 0 atom stereocenters. The second-order valence-corrected chi connectivity index (χ2v) is 5.44. The molecule has 2 aromatic rings. The van der Waals surface area contributed by atoms with Crippen molar-refractivity contribution in [1.82, 2.24) is 0 Å². The third kappa shape index (κ3) is 2.18. The highest BCUT2D eigenvalue weighted by Crippen LogP contribution is 2.41. The fourth-order valence-corrected chi connectivity index (χ4v) is 2.91. The number of carbonyl (C=O) groups excluding carboxylic acids is 3. The smallest absolute Gasteiger partial charge is 0.304 e. The second-order valence-electron chi connectivity index (χ2n) is 5.44. The number of fused-ring (bicyclic) bond motifs is 1. The number of aryl methyl sites for hydroxylation is 1. The van der Waals surface area contributed by atoms with Crippen molar-refractivity contribution in [3.05, 3.63) is 70.8 Å². The minimum atomic E-state index is -1.96. The maximum atomic E-state index is 12.9. The number of Topliss-reactive ketones (excluding diaryl/α,β-unsaturated/α-hetero) is 2. The molecule has 0 spiro atoms. The lowest BCUT2D eigenvalue weighted by atomic mass is 9.87. The van der Waals surface area contributed by atoms with E-state index in [2.05, 4.69) is 6.07 Å². The molecule has 4 nitrogen and oxygen atoms in total. The van der Waals surface area contributed by atoms with Crippen molar-refractivity contribution in [2.75, 3.05) is 0 Å². The first kappa shape index (κ1) is 15.2. The van der Waals surface area contributed by atoms with Crippen molar-refractivity contribution in [3.8, 4) is 0 Å². The molecule has 0 heterocycles. The summed E-state index contributed by atoms with van der Waals surface area (Å²) < 4.78 is 5.32. The van der Waals surface area contributed by atoms with Crippen LogP contribution in [0.4, 0.5) is 0 Å². The molecular formula is C19H15O4. The van der Waals surface area contributed by atoms with Gasteiger partial charge in [0.1, 0.15) is 0 Å². The van der Waals surface area contributed by atoms with Crippen LogP contribution >= 0.6 is 0 Å². The largest absolute Gasteiger partial charge is 0.437 e. The third-order valence-corrected chi connectivity index (χ3v) is 4.01. The molecule has 1 radical (unpaired) electrons. The van der Waals surface area contributed by atoms with Crippen LogP contribution in [0.2, 0.25) is 0 Å². The van der Waals surface area contributed by atoms with E-state index < -0.39 is 23.1 Å². The molecule has 115 valence electrons. The van der Waals surface area contributed by atoms with Gasteiger partial charge < -0.3 is 4.74 Å². The topological polar surface area (TPSA) is 60.4 Å². The van der Waals surface area contributed by atoms with Gasteiger partial charge in [-0.15, -0.1) is 0 Å². The van der Waals surface area contributed by atoms with Gasteiger partial charge in [-0.1, -0.05) is 49.4 Å². The Kier molecular flexibility index (Phi) is 3.60. The molecule has 1 aliphatic carbocycles. The van der Waals surface area contributed by atoms with Crippen LogP contribution in [0.15, 0.2) is 42.5 Å². The quantitative estimate of drug-likeness (QED) is 0.646. The van der Waals surface area contributed by atoms with Gasteiger partial charge in [0.15, 0.2) is 0 Å². The van der Waals surface area contributed by atoms with Crippen molar-refractivity contribution in [3.63, 3.8) is 0 Å². The summed E-state index contributed by atoms with van der Waals surface area (Å²) in [5.41, 5.74) is -0.205. The van der Waals surface area contributed by atoms with Gasteiger partial charge in [-0.2, -0.15) is 0 Å². The molecular weight excluding hydrogens is 292 g/mol. The van der Waals surface area contributed by atoms with E-state index in [4.69, 9.17) is 4.74 Å². The highest BCUT2D eigenvalue weighted by Gasteiger charge is 2.57. The monoisotopic (exact) mass is 307 g/mol. The van der Waals surface area contributed by atoms with Crippen LogP contribution in [0.1, 0.15) is 45.7 Å². The summed E-state index contributed by atoms with van der Waals surface area (Å²) in [6, 6.07) is 14.6. The van der Waals surface area contributed by atoms with Gasteiger partial charge in [-0.25, -0.2) is 0 Å². The molecule has 3 rings (SSSR count). The molecule has 0 fully saturated rings. The van der Waals surface area contributed by atoms with Gasteiger partial charge in [0, 0.05) is 23.6 Å². The SMILES string of the molecule is CCc1cc[c]c(C2(OC(C)=O)C(=O)c3ccccc3C2=O)c1. The first-order chi connectivity index (χ1) is 11.0. The van der Waals surface area contributed by atoms with Crippen molar-refractivity contribution in [2.45, 2.75) is 25.9 Å². The van der Waals surface area contributed by atoms with Gasteiger partial charge in [0.05, 0.1) is 0 Å². The van der Waals surface area contributed by atoms with Gasteiger partial charge in [-0.3, -0.25) is 14.4 Å². The number of ketones is 2. The molecule has 23 heavy (non-hydrogen) atoms. The Hall–Kier alpha value is -2.75. The van der Waals surface area contributed by atoms with E-state index in [0.717, 1.165) is 12.0 Å². The minimum absolute atomic E-state index is 0.272. The van der Waals surface area contributed by atoms with Crippen molar-refractivity contribution < 1.29 is 19.1 Å². The molecule has 0 aliphatic heterocycles. The zero-order chi connectivity index (χ0) is 16.6. The van der Waals surface area contributed by atoms with Gasteiger partial charge in [0.2, 0.25) is 11.6 Å². The Morgan fingerprint density at radius 1 is 1.13 bits per heavy atom. The number of rotatable bonds is 3. The zero-order valence-corrected chi connectivity index (χ0v) is 12.9. The number of hydrogen-bond acceptors (Lipinski definition) is 4. The van der Waals surface area contributed by atoms with Crippen LogP contribution < -0.4 is 0 Å². The standard InChI is InChI=1S/C19H15O4/c1-3-13-7-6-8-14(11-13)19(23-12(2)20)17(21)15-9-4-5-10-16(15)18(19)22/h4-7,9-11H,3H2,1-2H3. The molecule has 0 bridgehead atoms. The van der Waals surface area contributed by atoms with Gasteiger partial charge in [0.25, 0.3) is 5.60 Å². The van der Waals surface area contributed by atoms with Crippen molar-refractivity contribution >= 4 is 17.5 Å². The van der Waals surface area contributed by atoms with E-state index in [1.54, 1.807) is 36.4 Å². The van der Waals surface area contributed by atoms with Crippen molar-refractivity contribution in [2.24, 2.45) is 0 Å². The number of hydrogen-bond donors (Lipinski definition) is 0.